The van der Waals surface area contributed by atoms with Crippen LogP contribution in [0.4, 0.5) is 87.8 Å². The molecule has 0 radical (unpaired) electrons. The number of quaternary nitrogens is 1. The van der Waals surface area contributed by atoms with E-state index in [1.807, 2.05) is 0 Å². The Morgan fingerprint density at radius 3 is 0.564 bits per heavy atom. The van der Waals surface area contributed by atoms with Crippen LogP contribution in [0.3, 0.4) is 0 Å². The predicted molar refractivity (Wildman–Crippen MR) is 156 cm³/mol. The Morgan fingerprint density at radius 2 is 0.436 bits per heavy atom. The van der Waals surface area contributed by atoms with Crippen LogP contribution in [-0.2, 0) is 0 Å². The number of halogens is 20. The Bertz CT molecular complexity index is 1760. The first-order valence-electron chi connectivity index (χ1n) is 15.4. The van der Waals surface area contributed by atoms with Gasteiger partial charge in [-0.2, -0.15) is 0 Å². The molecule has 0 fully saturated rings. The molecular formula is C33H22BF20N. The van der Waals surface area contributed by atoms with Crippen molar-refractivity contribution in [3.8, 4) is 0 Å². The molecule has 1 nitrogen and oxygen atoms in total. The van der Waals surface area contributed by atoms with Crippen LogP contribution in [0.2, 0.25) is 0 Å². The van der Waals surface area contributed by atoms with Gasteiger partial charge in [-0.25, -0.2) is 87.8 Å². The third-order valence-electron chi connectivity index (χ3n) is 9.49. The van der Waals surface area contributed by atoms with Gasteiger partial charge >= 0.3 is 0 Å². The highest BCUT2D eigenvalue weighted by atomic mass is 19.2. The van der Waals surface area contributed by atoms with E-state index in [2.05, 4.69) is 34.7 Å². The van der Waals surface area contributed by atoms with Crippen LogP contribution in [0.5, 0.6) is 0 Å². The standard InChI is InChI=1S/C24BF20.C9H21N/c26-5-1(6(27)14(35)21(42)13(5)34)25(2-7(28)15(36)22(43)16(37)8(2)29,3-9(30)17(38)23(44)18(39)10(3)31)4-11(32)19(40)24(45)20(41)12(4)33;1-6-8(3)10(5)9(4)7-2/h;8-9H,6-7H2,1-5H3/q-1;/p+1. The van der Waals surface area contributed by atoms with Gasteiger partial charge < -0.3 is 4.90 Å². The zero-order chi connectivity index (χ0) is 42.5. The molecule has 0 spiro atoms. The minimum atomic E-state index is -7.22. The maximum Gasteiger partial charge on any atom is 0.200 e. The molecule has 0 aliphatic carbocycles. The fraction of sp³-hybridized carbons (Fsp3) is 0.273. The monoisotopic (exact) mass is 823 g/mol. The minimum absolute atomic E-state index is 0.815. The molecule has 4 aromatic rings. The van der Waals surface area contributed by atoms with E-state index in [1.54, 1.807) is 4.90 Å². The van der Waals surface area contributed by atoms with E-state index in [1.165, 1.54) is 12.8 Å². The summed E-state index contributed by atoms with van der Waals surface area (Å²) in [5.41, 5.74) is -14.3. The van der Waals surface area contributed by atoms with Crippen molar-refractivity contribution in [2.45, 2.75) is 52.6 Å². The molecule has 4 rings (SSSR count). The normalized spacial score (nSPS) is 13.5. The molecule has 0 saturated heterocycles. The highest BCUT2D eigenvalue weighted by Gasteiger charge is 2.52. The Balaban J connectivity index is 0.000000712. The van der Waals surface area contributed by atoms with Gasteiger partial charge in [0.15, 0.2) is 69.8 Å². The Morgan fingerprint density at radius 1 is 0.309 bits per heavy atom. The van der Waals surface area contributed by atoms with Crippen LogP contribution in [0.1, 0.15) is 40.5 Å². The van der Waals surface area contributed by atoms with E-state index >= 15 is 35.1 Å². The smallest absolute Gasteiger partial charge is 0.200 e. The SMILES string of the molecule is CCC(C)[NH+](C)C(C)CC.Fc1c(F)c(F)c([B-](c2c(F)c(F)c(F)c(F)c2F)(c2c(F)c(F)c(F)c(F)c2F)c2c(F)c(F)c(F)c(F)c2F)c(F)c1F. The van der Waals surface area contributed by atoms with Crippen LogP contribution < -0.4 is 26.8 Å². The van der Waals surface area contributed by atoms with Gasteiger partial charge in [0.25, 0.3) is 0 Å². The van der Waals surface area contributed by atoms with Crippen LogP contribution in [0.15, 0.2) is 0 Å². The van der Waals surface area contributed by atoms with Gasteiger partial charge in [0.2, 0.25) is 0 Å². The first-order valence-corrected chi connectivity index (χ1v) is 15.4. The summed E-state index contributed by atoms with van der Waals surface area (Å²) in [6, 6.07) is 1.63. The summed E-state index contributed by atoms with van der Waals surface area (Å²) < 4.78 is 294. The van der Waals surface area contributed by atoms with Crippen molar-refractivity contribution in [1.29, 1.82) is 0 Å². The molecule has 0 aromatic heterocycles. The predicted octanol–water partition coefficient (Wildman–Crippen LogP) is 6.94. The average molecular weight is 823 g/mol. The fourth-order valence-electron chi connectivity index (χ4n) is 6.00. The van der Waals surface area contributed by atoms with E-state index < -0.39 is 144 Å². The van der Waals surface area contributed by atoms with Crippen LogP contribution in [0, 0.1) is 116 Å². The molecule has 0 amide bonds. The van der Waals surface area contributed by atoms with E-state index in [4.69, 9.17) is 0 Å². The fourth-order valence-corrected chi connectivity index (χ4v) is 6.00. The Hall–Kier alpha value is -4.50. The average Bonchev–Trinajstić information content (AvgIpc) is 3.16. The molecule has 0 saturated carbocycles. The third kappa shape index (κ3) is 6.87. The summed E-state index contributed by atoms with van der Waals surface area (Å²) in [7, 11) is 2.29. The number of hydrogen-bond acceptors (Lipinski definition) is 0. The lowest BCUT2D eigenvalue weighted by Gasteiger charge is -2.44. The highest BCUT2D eigenvalue weighted by molar-refractivity contribution is 7.20. The van der Waals surface area contributed by atoms with Crippen molar-refractivity contribution >= 4 is 28.0 Å². The molecule has 0 bridgehead atoms. The van der Waals surface area contributed by atoms with E-state index in [9.17, 15) is 52.7 Å². The summed E-state index contributed by atoms with van der Waals surface area (Å²) in [6.07, 6.45) is -4.64. The summed E-state index contributed by atoms with van der Waals surface area (Å²) >= 11 is 0. The molecule has 2 unspecified atom stereocenters. The summed E-state index contributed by atoms with van der Waals surface area (Å²) in [6.45, 7) is 9.16. The summed E-state index contributed by atoms with van der Waals surface area (Å²) in [5.74, 6) is -71.4. The third-order valence-corrected chi connectivity index (χ3v) is 9.49. The van der Waals surface area contributed by atoms with Crippen molar-refractivity contribution in [2.75, 3.05) is 7.05 Å². The van der Waals surface area contributed by atoms with Crippen LogP contribution in [-0.4, -0.2) is 25.3 Å². The van der Waals surface area contributed by atoms with E-state index in [-0.39, 0.29) is 0 Å². The lowest BCUT2D eigenvalue weighted by atomic mass is 9.12. The Labute approximate surface area is 297 Å². The largest absolute Gasteiger partial charge is 0.333 e. The number of nitrogens with one attached hydrogen (secondary N) is 1. The number of rotatable bonds is 8. The van der Waals surface area contributed by atoms with E-state index in [0.29, 0.717) is 0 Å². The van der Waals surface area contributed by atoms with Gasteiger partial charge in [0.1, 0.15) is 52.7 Å². The van der Waals surface area contributed by atoms with Crippen molar-refractivity contribution < 1.29 is 92.7 Å². The second-order valence-corrected chi connectivity index (χ2v) is 12.2. The molecule has 1 N–H and O–H groups in total. The summed E-state index contributed by atoms with van der Waals surface area (Å²) in [5, 5.41) is 0. The zero-order valence-electron chi connectivity index (χ0n) is 28.2. The highest BCUT2D eigenvalue weighted by Crippen LogP contribution is 2.30. The number of hydrogen-bond donors (Lipinski definition) is 1. The van der Waals surface area contributed by atoms with Crippen LogP contribution >= 0.6 is 0 Å². The first kappa shape index (κ1) is 44.9. The second kappa shape index (κ2) is 16.3. The molecule has 302 valence electrons. The minimum Gasteiger partial charge on any atom is -0.333 e. The lowest BCUT2D eigenvalue weighted by Crippen LogP contribution is -3.15. The molecule has 0 aliphatic rings. The quantitative estimate of drug-likeness (QED) is 0.0851. The lowest BCUT2D eigenvalue weighted by molar-refractivity contribution is -0.927. The van der Waals surface area contributed by atoms with Crippen molar-refractivity contribution in [2.24, 2.45) is 0 Å². The van der Waals surface area contributed by atoms with Gasteiger partial charge in [0.05, 0.1) is 19.1 Å². The van der Waals surface area contributed by atoms with Crippen molar-refractivity contribution in [1.82, 2.24) is 0 Å². The zero-order valence-corrected chi connectivity index (χ0v) is 28.2. The maximum absolute atomic E-state index is 15.4. The maximum atomic E-state index is 15.4. The molecule has 0 heterocycles. The molecule has 4 aromatic carbocycles. The van der Waals surface area contributed by atoms with Gasteiger partial charge in [-0.3, -0.25) is 0 Å². The molecule has 0 aliphatic heterocycles. The number of benzene rings is 4. The van der Waals surface area contributed by atoms with E-state index in [0.717, 1.165) is 12.1 Å². The first-order chi connectivity index (χ1) is 25.3. The van der Waals surface area contributed by atoms with Crippen LogP contribution in [0.25, 0.3) is 0 Å². The van der Waals surface area contributed by atoms with Crippen molar-refractivity contribution in [3.05, 3.63) is 116 Å². The Kier molecular flexibility index (Phi) is 13.3. The topological polar surface area (TPSA) is 4.44 Å². The molecule has 55 heavy (non-hydrogen) atoms. The van der Waals surface area contributed by atoms with Crippen molar-refractivity contribution in [3.63, 3.8) is 0 Å². The second-order valence-electron chi connectivity index (χ2n) is 12.2. The van der Waals surface area contributed by atoms with Gasteiger partial charge in [-0.15, -0.1) is 21.9 Å². The summed E-state index contributed by atoms with van der Waals surface area (Å²) in [4.78, 5) is 1.67. The van der Waals surface area contributed by atoms with Gasteiger partial charge in [-0.1, -0.05) is 13.8 Å². The molecular weight excluding hydrogens is 801 g/mol. The van der Waals surface area contributed by atoms with Gasteiger partial charge in [-0.05, 0) is 26.7 Å². The van der Waals surface area contributed by atoms with Gasteiger partial charge in [0, 0.05) is 0 Å². The molecule has 22 heteroatoms. The molecule has 2 atom stereocenters.